The van der Waals surface area contributed by atoms with E-state index in [4.69, 9.17) is 10.5 Å². The van der Waals surface area contributed by atoms with Crippen molar-refractivity contribution in [3.63, 3.8) is 0 Å². The van der Waals surface area contributed by atoms with Crippen LogP contribution < -0.4 is 5.73 Å². The standard InChI is InChI=1S/C12H18N2O/c1-10-3-2-4-11(14-10)12(9-13)5-7-15-8-6-12/h2-4H,5-9,13H2,1H3. The van der Waals surface area contributed by atoms with Crippen molar-refractivity contribution in [3.8, 4) is 0 Å². The Morgan fingerprint density at radius 2 is 2.13 bits per heavy atom. The van der Waals surface area contributed by atoms with E-state index in [1.54, 1.807) is 0 Å². The first kappa shape index (κ1) is 10.6. The maximum Gasteiger partial charge on any atom is 0.0482 e. The number of nitrogens with zero attached hydrogens (tertiary/aromatic N) is 1. The molecule has 0 aromatic carbocycles. The van der Waals surface area contributed by atoms with E-state index in [0.717, 1.165) is 37.4 Å². The Balaban J connectivity index is 2.32. The molecule has 2 N–H and O–H groups in total. The largest absolute Gasteiger partial charge is 0.381 e. The van der Waals surface area contributed by atoms with Gasteiger partial charge in [0.1, 0.15) is 0 Å². The predicted molar refractivity (Wildman–Crippen MR) is 59.8 cm³/mol. The third-order valence-electron chi connectivity index (χ3n) is 3.27. The summed E-state index contributed by atoms with van der Waals surface area (Å²) in [5.74, 6) is 0. The molecule has 0 amide bonds. The smallest absolute Gasteiger partial charge is 0.0482 e. The lowest BCUT2D eigenvalue weighted by Gasteiger charge is -2.35. The van der Waals surface area contributed by atoms with Gasteiger partial charge in [-0.3, -0.25) is 4.98 Å². The minimum Gasteiger partial charge on any atom is -0.381 e. The Morgan fingerprint density at radius 3 is 2.73 bits per heavy atom. The molecule has 15 heavy (non-hydrogen) atoms. The summed E-state index contributed by atoms with van der Waals surface area (Å²) in [6.45, 7) is 4.28. The highest BCUT2D eigenvalue weighted by Crippen LogP contribution is 2.32. The van der Waals surface area contributed by atoms with Gasteiger partial charge in [0.05, 0.1) is 0 Å². The highest BCUT2D eigenvalue weighted by Gasteiger charge is 2.34. The zero-order valence-electron chi connectivity index (χ0n) is 9.20. The van der Waals surface area contributed by atoms with E-state index in [1.165, 1.54) is 0 Å². The van der Waals surface area contributed by atoms with E-state index in [2.05, 4.69) is 17.1 Å². The fraction of sp³-hybridized carbons (Fsp3) is 0.583. The Morgan fingerprint density at radius 1 is 1.40 bits per heavy atom. The number of aryl methyl sites for hydroxylation is 1. The molecular weight excluding hydrogens is 188 g/mol. The maximum atomic E-state index is 5.92. The molecule has 0 atom stereocenters. The molecule has 1 saturated heterocycles. The van der Waals surface area contributed by atoms with Crippen LogP contribution in [0.2, 0.25) is 0 Å². The molecule has 2 heterocycles. The fourth-order valence-electron chi connectivity index (χ4n) is 2.17. The second-order valence-electron chi connectivity index (χ2n) is 4.26. The molecule has 3 heteroatoms. The summed E-state index contributed by atoms with van der Waals surface area (Å²) in [5, 5.41) is 0. The molecule has 0 unspecified atom stereocenters. The number of ether oxygens (including phenoxy) is 1. The molecule has 0 saturated carbocycles. The van der Waals surface area contributed by atoms with Gasteiger partial charge in [-0.25, -0.2) is 0 Å². The topological polar surface area (TPSA) is 48.1 Å². The number of pyridine rings is 1. The summed E-state index contributed by atoms with van der Waals surface area (Å²) in [6, 6.07) is 6.17. The van der Waals surface area contributed by atoms with Crippen LogP contribution in [0.15, 0.2) is 18.2 Å². The molecule has 1 aliphatic heterocycles. The number of rotatable bonds is 2. The van der Waals surface area contributed by atoms with Gasteiger partial charge in [0, 0.05) is 36.6 Å². The van der Waals surface area contributed by atoms with E-state index < -0.39 is 0 Å². The van der Waals surface area contributed by atoms with Gasteiger partial charge in [-0.05, 0) is 31.9 Å². The molecule has 1 aromatic heterocycles. The highest BCUT2D eigenvalue weighted by molar-refractivity contribution is 5.21. The van der Waals surface area contributed by atoms with Crippen LogP contribution >= 0.6 is 0 Å². The normalized spacial score (nSPS) is 20.1. The van der Waals surface area contributed by atoms with Crippen molar-refractivity contribution < 1.29 is 4.74 Å². The SMILES string of the molecule is Cc1cccc(C2(CN)CCOCC2)n1. The second kappa shape index (κ2) is 4.29. The van der Waals surface area contributed by atoms with Crippen molar-refractivity contribution in [2.75, 3.05) is 19.8 Å². The molecule has 0 bridgehead atoms. The molecule has 0 aliphatic carbocycles. The first-order valence-corrected chi connectivity index (χ1v) is 5.49. The van der Waals surface area contributed by atoms with Crippen LogP contribution in [0.3, 0.4) is 0 Å². The zero-order chi connectivity index (χ0) is 10.7. The summed E-state index contributed by atoms with van der Waals surface area (Å²) >= 11 is 0. The summed E-state index contributed by atoms with van der Waals surface area (Å²) in [6.07, 6.45) is 1.97. The monoisotopic (exact) mass is 206 g/mol. The van der Waals surface area contributed by atoms with Gasteiger partial charge in [0.15, 0.2) is 0 Å². The Kier molecular flexibility index (Phi) is 3.03. The molecule has 1 aliphatic rings. The number of hydrogen-bond donors (Lipinski definition) is 1. The van der Waals surface area contributed by atoms with Gasteiger partial charge in [-0.15, -0.1) is 0 Å². The summed E-state index contributed by atoms with van der Waals surface area (Å²) in [7, 11) is 0. The van der Waals surface area contributed by atoms with Crippen molar-refractivity contribution in [3.05, 3.63) is 29.6 Å². The van der Waals surface area contributed by atoms with Gasteiger partial charge in [0.2, 0.25) is 0 Å². The average molecular weight is 206 g/mol. The third kappa shape index (κ3) is 2.03. The molecule has 0 radical (unpaired) electrons. The summed E-state index contributed by atoms with van der Waals surface area (Å²) in [5.41, 5.74) is 8.17. The van der Waals surface area contributed by atoms with Crippen molar-refractivity contribution in [2.24, 2.45) is 5.73 Å². The number of aromatic nitrogens is 1. The van der Waals surface area contributed by atoms with Gasteiger partial charge >= 0.3 is 0 Å². The Bertz CT molecular complexity index is 332. The van der Waals surface area contributed by atoms with E-state index in [9.17, 15) is 0 Å². The van der Waals surface area contributed by atoms with Gasteiger partial charge < -0.3 is 10.5 Å². The first-order valence-electron chi connectivity index (χ1n) is 5.49. The van der Waals surface area contributed by atoms with Crippen LogP contribution in [0.4, 0.5) is 0 Å². The van der Waals surface area contributed by atoms with Crippen molar-refractivity contribution in [2.45, 2.75) is 25.2 Å². The lowest BCUT2D eigenvalue weighted by molar-refractivity contribution is 0.0515. The number of hydrogen-bond acceptors (Lipinski definition) is 3. The minimum absolute atomic E-state index is 0.0459. The van der Waals surface area contributed by atoms with E-state index in [-0.39, 0.29) is 5.41 Å². The predicted octanol–water partition coefficient (Wildman–Crippen LogP) is 1.40. The average Bonchev–Trinajstić information content (AvgIpc) is 2.30. The van der Waals surface area contributed by atoms with E-state index in [0.29, 0.717) is 6.54 Å². The minimum atomic E-state index is 0.0459. The lowest BCUT2D eigenvalue weighted by Crippen LogP contribution is -2.41. The quantitative estimate of drug-likeness (QED) is 0.795. The fourth-order valence-corrected chi connectivity index (χ4v) is 2.17. The summed E-state index contributed by atoms with van der Waals surface area (Å²) in [4.78, 5) is 4.60. The van der Waals surface area contributed by atoms with Crippen molar-refractivity contribution in [1.82, 2.24) is 4.98 Å². The Hall–Kier alpha value is -0.930. The highest BCUT2D eigenvalue weighted by atomic mass is 16.5. The van der Waals surface area contributed by atoms with Gasteiger partial charge in [-0.1, -0.05) is 6.07 Å². The first-order chi connectivity index (χ1) is 7.27. The maximum absolute atomic E-state index is 5.92. The van der Waals surface area contributed by atoms with Gasteiger partial charge in [0.25, 0.3) is 0 Å². The molecule has 0 spiro atoms. The Labute approximate surface area is 90.7 Å². The van der Waals surface area contributed by atoms with E-state index in [1.807, 2.05) is 13.0 Å². The molecule has 1 fully saturated rings. The van der Waals surface area contributed by atoms with E-state index >= 15 is 0 Å². The molecule has 2 rings (SSSR count). The van der Waals surface area contributed by atoms with Crippen molar-refractivity contribution in [1.29, 1.82) is 0 Å². The second-order valence-corrected chi connectivity index (χ2v) is 4.26. The van der Waals surface area contributed by atoms with Crippen LogP contribution in [0.1, 0.15) is 24.2 Å². The lowest BCUT2D eigenvalue weighted by atomic mass is 9.77. The number of nitrogens with two attached hydrogens (primary N) is 1. The van der Waals surface area contributed by atoms with Crippen LogP contribution in [0, 0.1) is 6.92 Å². The molecule has 3 nitrogen and oxygen atoms in total. The zero-order valence-corrected chi connectivity index (χ0v) is 9.20. The molecule has 82 valence electrons. The van der Waals surface area contributed by atoms with Crippen LogP contribution in [-0.4, -0.2) is 24.7 Å². The van der Waals surface area contributed by atoms with Crippen LogP contribution in [0.5, 0.6) is 0 Å². The molecule has 1 aromatic rings. The van der Waals surface area contributed by atoms with Gasteiger partial charge in [-0.2, -0.15) is 0 Å². The third-order valence-corrected chi connectivity index (χ3v) is 3.27. The van der Waals surface area contributed by atoms with Crippen LogP contribution in [0.25, 0.3) is 0 Å². The summed E-state index contributed by atoms with van der Waals surface area (Å²) < 4.78 is 5.39. The van der Waals surface area contributed by atoms with Crippen molar-refractivity contribution >= 4 is 0 Å². The van der Waals surface area contributed by atoms with Crippen LogP contribution in [-0.2, 0) is 10.2 Å². The molecular formula is C12H18N2O.